The SMILES string of the molecule is CCC(NC(=O)OC)C(=O)N1CCCC1c1ncc(-c2cccc(-c3c4c(c(-c5cccc(-c6cnc([C@@H]7CCCN7C(=O)[C@@H](CC)NC(=O)OC)[nH]6)c5)c5c3C(C)(C)CC5)C(C)(C)CC4)c2)[nH]1. The topological polar surface area (TPSA) is 175 Å². The average Bonchev–Trinajstić information content (AvgIpc) is 4.22. The predicted octanol–water partition coefficient (Wildman–Crippen LogP) is 9.84. The molecule has 4 amide bonds. The van der Waals surface area contributed by atoms with Crippen LogP contribution < -0.4 is 10.6 Å². The number of amides is 4. The van der Waals surface area contributed by atoms with Gasteiger partial charge in [-0.15, -0.1) is 0 Å². The lowest BCUT2D eigenvalue weighted by Crippen LogP contribution is -2.48. The van der Waals surface area contributed by atoms with E-state index in [2.05, 4.69) is 96.8 Å². The first-order valence-corrected chi connectivity index (χ1v) is 24.5. The van der Waals surface area contributed by atoms with Gasteiger partial charge in [0, 0.05) is 24.2 Å². The zero-order valence-electron chi connectivity index (χ0n) is 40.8. The van der Waals surface area contributed by atoms with Crippen LogP contribution in [0.1, 0.15) is 139 Å². The van der Waals surface area contributed by atoms with E-state index >= 15 is 0 Å². The van der Waals surface area contributed by atoms with Gasteiger partial charge in [0.25, 0.3) is 0 Å². The van der Waals surface area contributed by atoms with Crippen LogP contribution in [0, 0.1) is 0 Å². The second-order valence-electron chi connectivity index (χ2n) is 20.3. The number of ether oxygens (including phenoxy) is 2. The number of nitrogens with one attached hydrogen (secondary N) is 4. The van der Waals surface area contributed by atoms with Crippen molar-refractivity contribution in [1.82, 2.24) is 40.4 Å². The standard InChI is InChI=1S/C54H66N8O6/c1-9-37(59-51(65)67-7)49(63)61-25-13-19-41(61)47-55-29-39(57-47)31-15-11-17-33(27-31)43-35-21-23-54(5,6)46(35)44(36-22-24-53(3,4)45(36)43)34-18-12-16-32(28-34)40-30-56-48(58-40)42-20-14-26-62(42)50(64)38(10-2)60-52(66)68-8/h11-12,15-18,27-30,37-38,41-42H,9-10,13-14,19-26H2,1-8H3,(H,55,57)(H,56,58)(H,59,65)(H,60,66)/t37-,38?,41+,42?/m1/s1. The number of methoxy groups -OCH3 is 2. The fraction of sp³-hybridized carbons (Fsp3) is 0.481. The van der Waals surface area contributed by atoms with Crippen LogP contribution in [0.3, 0.4) is 0 Å². The minimum atomic E-state index is -0.667. The van der Waals surface area contributed by atoms with Crippen LogP contribution in [0.5, 0.6) is 0 Å². The summed E-state index contributed by atoms with van der Waals surface area (Å²) in [6.45, 7) is 14.6. The third-order valence-electron chi connectivity index (χ3n) is 15.2. The van der Waals surface area contributed by atoms with Crippen molar-refractivity contribution in [2.75, 3.05) is 27.3 Å². The highest BCUT2D eigenvalue weighted by Crippen LogP contribution is 2.57. The molecule has 2 saturated heterocycles. The van der Waals surface area contributed by atoms with Gasteiger partial charge in [0.05, 0.1) is 50.1 Å². The van der Waals surface area contributed by atoms with Gasteiger partial charge in [-0.2, -0.15) is 0 Å². The summed E-state index contributed by atoms with van der Waals surface area (Å²) in [5.74, 6) is 1.24. The lowest BCUT2D eigenvalue weighted by Gasteiger charge is -2.31. The third-order valence-corrected chi connectivity index (χ3v) is 15.2. The molecule has 4 aliphatic rings. The Labute approximate surface area is 399 Å². The minimum Gasteiger partial charge on any atom is -0.453 e. The second-order valence-corrected chi connectivity index (χ2v) is 20.3. The maximum Gasteiger partial charge on any atom is 0.407 e. The number of fused-ring (bicyclic) bond motifs is 2. The molecule has 0 spiro atoms. The smallest absolute Gasteiger partial charge is 0.407 e. The molecule has 2 unspecified atom stereocenters. The van der Waals surface area contributed by atoms with E-state index in [0.29, 0.717) is 25.9 Å². The van der Waals surface area contributed by atoms with Crippen LogP contribution >= 0.6 is 0 Å². The first-order valence-electron chi connectivity index (χ1n) is 24.5. The number of carbonyl (C=O) groups excluding carboxylic acids is 4. The molecular formula is C54H66N8O6. The first-order chi connectivity index (χ1) is 32.7. The molecule has 0 saturated carbocycles. The van der Waals surface area contributed by atoms with Gasteiger partial charge in [-0.1, -0.05) is 77.9 Å². The highest BCUT2D eigenvalue weighted by Gasteiger charge is 2.44. The highest BCUT2D eigenvalue weighted by molar-refractivity contribution is 5.90. The van der Waals surface area contributed by atoms with Gasteiger partial charge < -0.3 is 39.9 Å². The molecule has 2 aliphatic carbocycles. The average molecular weight is 923 g/mol. The summed E-state index contributed by atoms with van der Waals surface area (Å²) >= 11 is 0. The summed E-state index contributed by atoms with van der Waals surface area (Å²) in [4.78, 5) is 72.1. The van der Waals surface area contributed by atoms with Gasteiger partial charge in [-0.05, 0) is 132 Å². The van der Waals surface area contributed by atoms with E-state index < -0.39 is 24.3 Å². The van der Waals surface area contributed by atoms with Crippen molar-refractivity contribution in [2.45, 2.75) is 141 Å². The van der Waals surface area contributed by atoms with Gasteiger partial charge in [0.15, 0.2) is 0 Å². The summed E-state index contributed by atoms with van der Waals surface area (Å²) in [6, 6.07) is 16.0. The summed E-state index contributed by atoms with van der Waals surface area (Å²) in [5, 5.41) is 5.40. The highest BCUT2D eigenvalue weighted by atomic mass is 16.5. The third kappa shape index (κ3) is 8.44. The van der Waals surface area contributed by atoms with Crippen molar-refractivity contribution >= 4 is 24.0 Å². The number of likely N-dealkylation sites (tertiary alicyclic amines) is 2. The van der Waals surface area contributed by atoms with Crippen LogP contribution in [0.25, 0.3) is 44.8 Å². The molecule has 2 fully saturated rings. The van der Waals surface area contributed by atoms with Crippen LogP contribution in [-0.2, 0) is 42.7 Å². The number of hydrogen-bond donors (Lipinski definition) is 4. The summed E-state index contributed by atoms with van der Waals surface area (Å²) in [6.07, 6.45) is 10.8. The molecule has 14 nitrogen and oxygen atoms in total. The molecule has 0 bridgehead atoms. The molecule has 5 aromatic rings. The number of imidazole rings is 2. The number of nitrogens with zero attached hydrogens (tertiary/aromatic N) is 4. The predicted molar refractivity (Wildman–Crippen MR) is 262 cm³/mol. The number of hydrogen-bond acceptors (Lipinski definition) is 8. The number of aromatic amines is 2. The van der Waals surface area contributed by atoms with Crippen LogP contribution in [0.2, 0.25) is 0 Å². The lowest BCUT2D eigenvalue weighted by molar-refractivity contribution is -0.135. The monoisotopic (exact) mass is 923 g/mol. The minimum absolute atomic E-state index is 0.0560. The zero-order chi connectivity index (χ0) is 48.1. The van der Waals surface area contributed by atoms with Gasteiger partial charge in [0.2, 0.25) is 11.8 Å². The summed E-state index contributed by atoms with van der Waals surface area (Å²) in [7, 11) is 2.61. The molecule has 4 heterocycles. The first kappa shape index (κ1) is 46.7. The molecule has 3 aromatic carbocycles. The van der Waals surface area contributed by atoms with Crippen molar-refractivity contribution < 1.29 is 28.7 Å². The number of benzene rings is 3. The maximum atomic E-state index is 13.7. The fourth-order valence-electron chi connectivity index (χ4n) is 11.7. The van der Waals surface area contributed by atoms with Crippen LogP contribution in [-0.4, -0.2) is 93.1 Å². The van der Waals surface area contributed by atoms with Crippen LogP contribution in [0.4, 0.5) is 9.59 Å². The van der Waals surface area contributed by atoms with Gasteiger partial charge >= 0.3 is 12.2 Å². The molecule has 4 atom stereocenters. The van der Waals surface area contributed by atoms with E-state index in [4.69, 9.17) is 19.4 Å². The van der Waals surface area contributed by atoms with Crippen molar-refractivity contribution in [3.05, 3.63) is 94.8 Å². The molecule has 14 heteroatoms. The molecule has 2 aromatic heterocycles. The van der Waals surface area contributed by atoms with E-state index in [9.17, 15) is 19.2 Å². The molecule has 358 valence electrons. The van der Waals surface area contributed by atoms with Crippen molar-refractivity contribution in [3.8, 4) is 44.8 Å². The fourth-order valence-corrected chi connectivity index (χ4v) is 11.7. The van der Waals surface area contributed by atoms with E-state index in [0.717, 1.165) is 85.5 Å². The van der Waals surface area contributed by atoms with Gasteiger partial charge in [-0.25, -0.2) is 19.6 Å². The Hall–Kier alpha value is -6.44. The van der Waals surface area contributed by atoms with E-state index in [1.807, 2.05) is 36.0 Å². The van der Waals surface area contributed by atoms with Crippen molar-refractivity contribution in [1.29, 1.82) is 0 Å². The Morgan fingerprint density at radius 1 is 0.662 bits per heavy atom. The maximum absolute atomic E-state index is 13.7. The quantitative estimate of drug-likeness (QED) is 0.0957. The van der Waals surface area contributed by atoms with Gasteiger partial charge in [0.1, 0.15) is 23.7 Å². The van der Waals surface area contributed by atoms with Gasteiger partial charge in [-0.3, -0.25) is 9.59 Å². The van der Waals surface area contributed by atoms with E-state index in [1.165, 1.54) is 58.7 Å². The second kappa shape index (κ2) is 18.6. The van der Waals surface area contributed by atoms with E-state index in [1.54, 1.807) is 0 Å². The molecule has 0 radical (unpaired) electrons. The Morgan fingerprint density at radius 2 is 1.06 bits per heavy atom. The summed E-state index contributed by atoms with van der Waals surface area (Å²) in [5.41, 5.74) is 14.6. The Balaban J connectivity index is 1.05. The van der Waals surface area contributed by atoms with Crippen molar-refractivity contribution in [3.63, 3.8) is 0 Å². The molecule has 2 aliphatic heterocycles. The molecule has 68 heavy (non-hydrogen) atoms. The molecular weight excluding hydrogens is 857 g/mol. The summed E-state index contributed by atoms with van der Waals surface area (Å²) < 4.78 is 9.59. The Bertz CT molecular complexity index is 2570. The van der Waals surface area contributed by atoms with Crippen molar-refractivity contribution in [2.24, 2.45) is 0 Å². The normalized spacial score (nSPS) is 19.9. The number of carbonyl (C=O) groups is 4. The zero-order valence-corrected chi connectivity index (χ0v) is 40.8. The number of aromatic nitrogens is 4. The number of H-pyrrole nitrogens is 2. The molecule has 9 rings (SSSR count). The largest absolute Gasteiger partial charge is 0.453 e. The molecule has 4 N–H and O–H groups in total. The van der Waals surface area contributed by atoms with E-state index in [-0.39, 0.29) is 34.7 Å². The lowest BCUT2D eigenvalue weighted by atomic mass is 9.73. The number of alkyl carbamates (subject to hydrolysis) is 2. The Morgan fingerprint density at radius 3 is 1.44 bits per heavy atom. The van der Waals surface area contributed by atoms with Crippen LogP contribution in [0.15, 0.2) is 60.9 Å². The number of rotatable bonds is 12. The Kier molecular flexibility index (Phi) is 12.7.